The first-order chi connectivity index (χ1) is 13.8. The summed E-state index contributed by atoms with van der Waals surface area (Å²) in [6, 6.07) is 6.38. The van der Waals surface area contributed by atoms with E-state index in [0.717, 1.165) is 49.4 Å². The summed E-state index contributed by atoms with van der Waals surface area (Å²) in [7, 11) is 0. The Bertz CT molecular complexity index is 922. The van der Waals surface area contributed by atoms with Gasteiger partial charge >= 0.3 is 5.97 Å². The van der Waals surface area contributed by atoms with E-state index in [1.54, 1.807) is 0 Å². The van der Waals surface area contributed by atoms with Crippen LogP contribution in [0.25, 0.3) is 11.3 Å². The predicted octanol–water partition coefficient (Wildman–Crippen LogP) is 2.89. The van der Waals surface area contributed by atoms with Crippen molar-refractivity contribution in [1.29, 1.82) is 0 Å². The number of fused-ring (bicyclic) bond motifs is 3. The van der Waals surface area contributed by atoms with Crippen LogP contribution >= 0.6 is 0 Å². The molecular formula is C22H26N2O5. The average molecular weight is 398 g/mol. The molecule has 1 aromatic heterocycles. The number of hydrogen-bond donors (Lipinski definition) is 0. The van der Waals surface area contributed by atoms with Gasteiger partial charge in [0.05, 0.1) is 5.92 Å². The van der Waals surface area contributed by atoms with Crippen molar-refractivity contribution in [3.63, 3.8) is 0 Å². The highest BCUT2D eigenvalue weighted by molar-refractivity contribution is 5.74. The van der Waals surface area contributed by atoms with Gasteiger partial charge in [0.15, 0.2) is 5.76 Å². The Morgan fingerprint density at radius 2 is 2.10 bits per heavy atom. The van der Waals surface area contributed by atoms with E-state index in [0.29, 0.717) is 12.2 Å². The Labute approximate surface area is 169 Å². The first-order valence-electron chi connectivity index (χ1n) is 9.94. The molecule has 0 saturated carbocycles. The SMILES string of the molecule is CC(C)(C)OC(=O)C1CN(Cc2ccc3c(c2)CCc2c(COC=O)noc2-3)C1. The van der Waals surface area contributed by atoms with E-state index in [9.17, 15) is 9.59 Å². The fourth-order valence-electron chi connectivity index (χ4n) is 3.96. The molecule has 0 unspecified atom stereocenters. The van der Waals surface area contributed by atoms with Crippen molar-refractivity contribution in [2.45, 2.75) is 52.4 Å². The smallest absolute Gasteiger partial charge is 0.312 e. The van der Waals surface area contributed by atoms with Crippen LogP contribution in [0.2, 0.25) is 0 Å². The van der Waals surface area contributed by atoms with Crippen LogP contribution < -0.4 is 0 Å². The molecule has 0 bridgehead atoms. The molecule has 1 aromatic carbocycles. The summed E-state index contributed by atoms with van der Waals surface area (Å²) in [5, 5.41) is 4.07. The van der Waals surface area contributed by atoms with Gasteiger partial charge in [0.25, 0.3) is 6.47 Å². The highest BCUT2D eigenvalue weighted by Gasteiger charge is 2.35. The van der Waals surface area contributed by atoms with Crippen molar-refractivity contribution in [2.75, 3.05) is 13.1 Å². The molecule has 1 aliphatic heterocycles. The molecule has 0 amide bonds. The minimum atomic E-state index is -0.436. The Kier molecular flexibility index (Phi) is 5.17. The van der Waals surface area contributed by atoms with Crippen LogP contribution in [0, 0.1) is 5.92 Å². The van der Waals surface area contributed by atoms with Crippen molar-refractivity contribution in [1.82, 2.24) is 10.1 Å². The molecule has 0 radical (unpaired) electrons. The lowest BCUT2D eigenvalue weighted by Gasteiger charge is -2.39. The Hall–Kier alpha value is -2.67. The topological polar surface area (TPSA) is 81.9 Å². The molecule has 2 aromatic rings. The van der Waals surface area contributed by atoms with Crippen LogP contribution in [-0.4, -0.2) is 41.2 Å². The Balaban J connectivity index is 1.39. The van der Waals surface area contributed by atoms with Gasteiger partial charge in [0.1, 0.15) is 17.9 Å². The quantitative estimate of drug-likeness (QED) is 0.547. The van der Waals surface area contributed by atoms with E-state index >= 15 is 0 Å². The molecule has 7 nitrogen and oxygen atoms in total. The lowest BCUT2D eigenvalue weighted by atomic mass is 9.88. The molecular weight excluding hydrogens is 372 g/mol. The molecule has 2 aliphatic rings. The van der Waals surface area contributed by atoms with Crippen molar-refractivity contribution in [3.05, 3.63) is 40.6 Å². The van der Waals surface area contributed by atoms with Gasteiger partial charge in [-0.3, -0.25) is 14.5 Å². The number of aryl methyl sites for hydroxylation is 1. The third-order valence-corrected chi connectivity index (χ3v) is 5.32. The molecule has 0 atom stereocenters. The number of nitrogens with zero attached hydrogens (tertiary/aromatic N) is 2. The Morgan fingerprint density at radius 1 is 1.31 bits per heavy atom. The van der Waals surface area contributed by atoms with E-state index in [1.165, 1.54) is 11.1 Å². The summed E-state index contributed by atoms with van der Waals surface area (Å²) in [5.41, 5.74) is 4.78. The van der Waals surface area contributed by atoms with Gasteiger partial charge in [0, 0.05) is 30.8 Å². The summed E-state index contributed by atoms with van der Waals surface area (Å²) in [5.74, 6) is 0.637. The summed E-state index contributed by atoms with van der Waals surface area (Å²) < 4.78 is 15.8. The molecule has 1 saturated heterocycles. The largest absolute Gasteiger partial charge is 0.461 e. The number of esters is 1. The molecule has 1 fully saturated rings. The van der Waals surface area contributed by atoms with E-state index in [4.69, 9.17) is 14.0 Å². The van der Waals surface area contributed by atoms with E-state index in [2.05, 4.69) is 28.3 Å². The minimum Gasteiger partial charge on any atom is -0.461 e. The van der Waals surface area contributed by atoms with E-state index in [1.807, 2.05) is 20.8 Å². The summed E-state index contributed by atoms with van der Waals surface area (Å²) in [6.45, 7) is 8.54. The summed E-state index contributed by atoms with van der Waals surface area (Å²) in [6.07, 6.45) is 1.71. The minimum absolute atomic E-state index is 0.0318. The van der Waals surface area contributed by atoms with Crippen molar-refractivity contribution < 1.29 is 23.6 Å². The molecule has 2 heterocycles. The second-order valence-corrected chi connectivity index (χ2v) is 8.76. The molecule has 0 spiro atoms. The highest BCUT2D eigenvalue weighted by atomic mass is 16.6. The van der Waals surface area contributed by atoms with Gasteiger partial charge in [-0.2, -0.15) is 0 Å². The molecule has 29 heavy (non-hydrogen) atoms. The van der Waals surface area contributed by atoms with Crippen LogP contribution in [0.3, 0.4) is 0 Å². The standard InChI is InChI=1S/C22H26N2O5/c1-22(2,3)28-21(26)16-10-24(11-16)9-14-4-6-17-15(8-14)5-7-18-19(12-27-13-25)23-29-20(17)18/h4,6,8,13,16H,5,7,9-12H2,1-3H3. The zero-order chi connectivity index (χ0) is 20.6. The van der Waals surface area contributed by atoms with Gasteiger partial charge in [0.2, 0.25) is 0 Å². The van der Waals surface area contributed by atoms with Gasteiger partial charge in [-0.05, 0) is 44.7 Å². The van der Waals surface area contributed by atoms with Crippen LogP contribution in [0.15, 0.2) is 22.7 Å². The highest BCUT2D eigenvalue weighted by Crippen LogP contribution is 2.36. The van der Waals surface area contributed by atoms with Gasteiger partial charge in [-0.25, -0.2) is 0 Å². The number of carbonyl (C=O) groups excluding carboxylic acids is 2. The molecule has 7 heteroatoms. The summed E-state index contributed by atoms with van der Waals surface area (Å²) >= 11 is 0. The molecule has 154 valence electrons. The zero-order valence-electron chi connectivity index (χ0n) is 17.1. The lowest BCUT2D eigenvalue weighted by Crippen LogP contribution is -2.51. The number of rotatable bonds is 6. The lowest BCUT2D eigenvalue weighted by molar-refractivity contribution is -0.166. The first kappa shape index (κ1) is 19.6. The monoisotopic (exact) mass is 398 g/mol. The Morgan fingerprint density at radius 3 is 2.83 bits per heavy atom. The number of aromatic nitrogens is 1. The average Bonchev–Trinajstić information content (AvgIpc) is 3.04. The van der Waals surface area contributed by atoms with Crippen molar-refractivity contribution in [2.24, 2.45) is 5.92 Å². The first-order valence-corrected chi connectivity index (χ1v) is 9.94. The maximum absolute atomic E-state index is 12.1. The second kappa shape index (κ2) is 7.63. The maximum atomic E-state index is 12.1. The van der Waals surface area contributed by atoms with Crippen LogP contribution in [0.1, 0.15) is 43.2 Å². The van der Waals surface area contributed by atoms with Crippen molar-refractivity contribution >= 4 is 12.4 Å². The number of benzene rings is 1. The zero-order valence-corrected chi connectivity index (χ0v) is 17.1. The van der Waals surface area contributed by atoms with Crippen LogP contribution in [-0.2, 0) is 45.1 Å². The molecule has 1 aliphatic carbocycles. The van der Waals surface area contributed by atoms with Crippen molar-refractivity contribution in [3.8, 4) is 11.3 Å². The normalized spacial score (nSPS) is 16.5. The van der Waals surface area contributed by atoms with Gasteiger partial charge < -0.3 is 14.0 Å². The van der Waals surface area contributed by atoms with Gasteiger partial charge in [-0.1, -0.05) is 23.4 Å². The van der Waals surface area contributed by atoms with Crippen LogP contribution in [0.4, 0.5) is 0 Å². The summed E-state index contributed by atoms with van der Waals surface area (Å²) in [4.78, 5) is 24.8. The van der Waals surface area contributed by atoms with E-state index < -0.39 is 5.60 Å². The number of hydrogen-bond acceptors (Lipinski definition) is 7. The number of ether oxygens (including phenoxy) is 2. The number of carbonyl (C=O) groups is 2. The maximum Gasteiger partial charge on any atom is 0.312 e. The molecule has 4 rings (SSSR count). The second-order valence-electron chi connectivity index (χ2n) is 8.76. The van der Waals surface area contributed by atoms with Crippen LogP contribution in [0.5, 0.6) is 0 Å². The van der Waals surface area contributed by atoms with E-state index in [-0.39, 0.29) is 18.5 Å². The fraction of sp³-hybridized carbons (Fsp3) is 0.500. The van der Waals surface area contributed by atoms with Gasteiger partial charge in [-0.15, -0.1) is 0 Å². The number of likely N-dealkylation sites (tertiary alicyclic amines) is 1. The third-order valence-electron chi connectivity index (χ3n) is 5.32. The third kappa shape index (κ3) is 4.19. The predicted molar refractivity (Wildman–Crippen MR) is 105 cm³/mol. The fourth-order valence-corrected chi connectivity index (χ4v) is 3.96. The molecule has 0 N–H and O–H groups in total.